The lowest BCUT2D eigenvalue weighted by atomic mass is 10.1. The van der Waals surface area contributed by atoms with Crippen molar-refractivity contribution in [2.45, 2.75) is 27.3 Å². The number of thiophene rings is 1. The van der Waals surface area contributed by atoms with E-state index in [0.717, 1.165) is 16.0 Å². The maximum absolute atomic E-state index is 12.1. The van der Waals surface area contributed by atoms with Gasteiger partial charge in [0.05, 0.1) is 18.7 Å². The second-order valence-corrected chi connectivity index (χ2v) is 6.57. The van der Waals surface area contributed by atoms with Gasteiger partial charge in [-0.15, -0.1) is 11.3 Å². The van der Waals surface area contributed by atoms with Gasteiger partial charge in [-0.1, -0.05) is 30.3 Å². The maximum atomic E-state index is 12.1. The second-order valence-electron chi connectivity index (χ2n) is 5.35. The number of aryl methyl sites for hydroxylation is 1. The van der Waals surface area contributed by atoms with Gasteiger partial charge >= 0.3 is 5.97 Å². The molecule has 0 saturated carbocycles. The minimum absolute atomic E-state index is 0.174. The van der Waals surface area contributed by atoms with E-state index in [2.05, 4.69) is 10.6 Å². The molecule has 24 heavy (non-hydrogen) atoms. The lowest BCUT2D eigenvalue weighted by Crippen LogP contribution is -2.28. The highest BCUT2D eigenvalue weighted by Gasteiger charge is 2.21. The molecule has 0 radical (unpaired) electrons. The fourth-order valence-corrected chi connectivity index (χ4v) is 3.32. The van der Waals surface area contributed by atoms with Crippen molar-refractivity contribution >= 4 is 28.2 Å². The maximum Gasteiger partial charge on any atom is 0.341 e. The van der Waals surface area contributed by atoms with Crippen LogP contribution in [0.3, 0.4) is 0 Å². The van der Waals surface area contributed by atoms with Crippen molar-refractivity contribution in [3.8, 4) is 0 Å². The Balaban J connectivity index is 1.96. The van der Waals surface area contributed by atoms with Crippen LogP contribution in [0.4, 0.5) is 5.00 Å². The van der Waals surface area contributed by atoms with E-state index in [1.54, 1.807) is 6.92 Å². The van der Waals surface area contributed by atoms with Crippen molar-refractivity contribution in [1.82, 2.24) is 5.32 Å². The SMILES string of the molecule is CCOC(=O)c1c(NC(=O)CNCc2ccccc2)sc(C)c1C. The predicted octanol–water partition coefficient (Wildman–Crippen LogP) is 3.27. The van der Waals surface area contributed by atoms with Crippen molar-refractivity contribution in [1.29, 1.82) is 0 Å². The summed E-state index contributed by atoms with van der Waals surface area (Å²) in [6, 6.07) is 9.86. The first-order valence-corrected chi connectivity index (χ1v) is 8.66. The number of ether oxygens (including phenoxy) is 1. The zero-order valence-corrected chi connectivity index (χ0v) is 15.0. The van der Waals surface area contributed by atoms with Crippen LogP contribution in [0.25, 0.3) is 0 Å². The van der Waals surface area contributed by atoms with Gasteiger partial charge in [-0.05, 0) is 31.9 Å². The first kappa shape index (κ1) is 18.2. The molecule has 0 atom stereocenters. The highest BCUT2D eigenvalue weighted by molar-refractivity contribution is 7.16. The highest BCUT2D eigenvalue weighted by atomic mass is 32.1. The summed E-state index contributed by atoms with van der Waals surface area (Å²) < 4.78 is 5.08. The third kappa shape index (κ3) is 4.66. The Kier molecular flexibility index (Phi) is 6.52. The third-order valence-electron chi connectivity index (χ3n) is 3.58. The van der Waals surface area contributed by atoms with E-state index in [1.165, 1.54) is 11.3 Å². The standard InChI is InChI=1S/C18H22N2O3S/c1-4-23-18(22)16-12(2)13(3)24-17(16)20-15(21)11-19-10-14-8-6-5-7-9-14/h5-9,19H,4,10-11H2,1-3H3,(H,20,21). The minimum Gasteiger partial charge on any atom is -0.462 e. The molecule has 2 aromatic rings. The smallest absolute Gasteiger partial charge is 0.341 e. The molecule has 0 fully saturated rings. The lowest BCUT2D eigenvalue weighted by molar-refractivity contribution is -0.115. The first-order chi connectivity index (χ1) is 11.5. The quantitative estimate of drug-likeness (QED) is 0.755. The summed E-state index contributed by atoms with van der Waals surface area (Å²) in [5.41, 5.74) is 2.42. The van der Waals surface area contributed by atoms with Crippen molar-refractivity contribution < 1.29 is 14.3 Å². The number of amides is 1. The largest absolute Gasteiger partial charge is 0.462 e. The summed E-state index contributed by atoms with van der Waals surface area (Å²) in [7, 11) is 0. The van der Waals surface area contributed by atoms with Crippen molar-refractivity contribution in [2.75, 3.05) is 18.5 Å². The molecule has 5 nitrogen and oxygen atoms in total. The number of rotatable bonds is 7. The van der Waals surface area contributed by atoms with Gasteiger partial charge in [0.1, 0.15) is 5.00 Å². The monoisotopic (exact) mass is 346 g/mol. The molecule has 128 valence electrons. The predicted molar refractivity (Wildman–Crippen MR) is 96.5 cm³/mol. The van der Waals surface area contributed by atoms with Crippen molar-refractivity contribution in [3.63, 3.8) is 0 Å². The molecule has 0 unspecified atom stereocenters. The average Bonchev–Trinajstić information content (AvgIpc) is 2.83. The number of carbonyl (C=O) groups excluding carboxylic acids is 2. The summed E-state index contributed by atoms with van der Waals surface area (Å²) in [5.74, 6) is -0.579. The third-order valence-corrected chi connectivity index (χ3v) is 4.70. The molecule has 1 amide bonds. The van der Waals surface area contributed by atoms with E-state index in [4.69, 9.17) is 4.74 Å². The first-order valence-electron chi connectivity index (χ1n) is 7.84. The van der Waals surface area contributed by atoms with Gasteiger partial charge in [0.15, 0.2) is 0 Å². The van der Waals surface area contributed by atoms with Crippen LogP contribution < -0.4 is 10.6 Å². The lowest BCUT2D eigenvalue weighted by Gasteiger charge is -2.08. The number of nitrogens with one attached hydrogen (secondary N) is 2. The fourth-order valence-electron chi connectivity index (χ4n) is 2.25. The van der Waals surface area contributed by atoms with E-state index < -0.39 is 5.97 Å². The zero-order valence-electron chi connectivity index (χ0n) is 14.1. The Labute approximate surface area is 146 Å². The number of benzene rings is 1. The van der Waals surface area contributed by atoms with Gasteiger partial charge < -0.3 is 15.4 Å². The fraction of sp³-hybridized carbons (Fsp3) is 0.333. The van der Waals surface area contributed by atoms with E-state index in [-0.39, 0.29) is 12.5 Å². The molecule has 1 heterocycles. The molecule has 0 aliphatic carbocycles. The molecule has 1 aromatic carbocycles. The van der Waals surface area contributed by atoms with Crippen LogP contribution in [0, 0.1) is 13.8 Å². The molecule has 0 spiro atoms. The summed E-state index contributed by atoms with van der Waals surface area (Å²) in [6.07, 6.45) is 0. The van der Waals surface area contributed by atoms with Crippen LogP contribution >= 0.6 is 11.3 Å². The van der Waals surface area contributed by atoms with Crippen molar-refractivity contribution in [2.24, 2.45) is 0 Å². The van der Waals surface area contributed by atoms with Crippen LogP contribution in [0.1, 0.15) is 33.3 Å². The van der Waals surface area contributed by atoms with Crippen LogP contribution in [0.5, 0.6) is 0 Å². The summed E-state index contributed by atoms with van der Waals surface area (Å²) in [5, 5.41) is 6.46. The normalized spacial score (nSPS) is 10.5. The Morgan fingerprint density at radius 3 is 2.54 bits per heavy atom. The van der Waals surface area contributed by atoms with Gasteiger partial charge in [0.25, 0.3) is 0 Å². The number of anilines is 1. The Hall–Kier alpha value is -2.18. The molecular weight excluding hydrogens is 324 g/mol. The van der Waals surface area contributed by atoms with Crippen molar-refractivity contribution in [3.05, 3.63) is 51.9 Å². The topological polar surface area (TPSA) is 67.4 Å². The average molecular weight is 346 g/mol. The minimum atomic E-state index is -0.396. The van der Waals surface area contributed by atoms with Crippen LogP contribution in [0.15, 0.2) is 30.3 Å². The van der Waals surface area contributed by atoms with E-state index >= 15 is 0 Å². The molecule has 0 aliphatic heterocycles. The zero-order chi connectivity index (χ0) is 17.5. The number of hydrogen-bond donors (Lipinski definition) is 2. The molecule has 6 heteroatoms. The molecule has 0 saturated heterocycles. The van der Waals surface area contributed by atoms with E-state index in [0.29, 0.717) is 23.7 Å². The molecular formula is C18H22N2O3S. The van der Waals surface area contributed by atoms with E-state index in [1.807, 2.05) is 44.2 Å². The van der Waals surface area contributed by atoms with Gasteiger partial charge in [-0.2, -0.15) is 0 Å². The van der Waals surface area contributed by atoms with Gasteiger partial charge in [-0.3, -0.25) is 4.79 Å². The molecule has 0 aliphatic rings. The molecule has 2 N–H and O–H groups in total. The Morgan fingerprint density at radius 2 is 1.88 bits per heavy atom. The van der Waals surface area contributed by atoms with Crippen LogP contribution in [-0.4, -0.2) is 25.0 Å². The van der Waals surface area contributed by atoms with E-state index in [9.17, 15) is 9.59 Å². The van der Waals surface area contributed by atoms with Gasteiger partial charge in [0, 0.05) is 11.4 Å². The van der Waals surface area contributed by atoms with Gasteiger partial charge in [0.2, 0.25) is 5.91 Å². The molecule has 0 bridgehead atoms. The summed E-state index contributed by atoms with van der Waals surface area (Å²) in [4.78, 5) is 25.2. The summed E-state index contributed by atoms with van der Waals surface area (Å²) in [6.45, 7) is 6.64. The van der Waals surface area contributed by atoms with Crippen LogP contribution in [0.2, 0.25) is 0 Å². The Morgan fingerprint density at radius 1 is 1.17 bits per heavy atom. The van der Waals surface area contributed by atoms with Gasteiger partial charge in [-0.25, -0.2) is 4.79 Å². The van der Waals surface area contributed by atoms with Crippen LogP contribution in [-0.2, 0) is 16.1 Å². The second kappa shape index (κ2) is 8.61. The summed E-state index contributed by atoms with van der Waals surface area (Å²) >= 11 is 1.39. The number of hydrogen-bond acceptors (Lipinski definition) is 5. The number of carbonyl (C=O) groups is 2. The molecule has 2 rings (SSSR count). The molecule has 1 aromatic heterocycles. The Bertz CT molecular complexity index is 711. The number of esters is 1. The highest BCUT2D eigenvalue weighted by Crippen LogP contribution is 2.32.